The number of nitrogens with two attached hydrogens (primary N) is 1. The van der Waals surface area contributed by atoms with Crippen LogP contribution in [0, 0.1) is 12.1 Å². The zero-order valence-corrected chi connectivity index (χ0v) is 8.51. The van der Waals surface area contributed by atoms with Crippen molar-refractivity contribution in [1.82, 2.24) is 4.98 Å². The number of hydrogen-bond acceptors (Lipinski definition) is 2. The molecule has 3 rings (SSSR count). The van der Waals surface area contributed by atoms with Gasteiger partial charge in [-0.25, -0.2) is 4.98 Å². The van der Waals surface area contributed by atoms with Crippen LogP contribution in [0.1, 0.15) is 24.1 Å². The van der Waals surface area contributed by atoms with Gasteiger partial charge in [-0.05, 0) is 49.4 Å². The average Bonchev–Trinajstić information content (AvgIpc) is 2.30. The van der Waals surface area contributed by atoms with Crippen LogP contribution in [0.3, 0.4) is 0 Å². The van der Waals surface area contributed by atoms with Gasteiger partial charge >= 0.3 is 0 Å². The first-order valence-electron chi connectivity index (χ1n) is 5.35. The summed E-state index contributed by atoms with van der Waals surface area (Å²) in [7, 11) is 0. The topological polar surface area (TPSA) is 38.9 Å². The van der Waals surface area contributed by atoms with Crippen LogP contribution in [0.15, 0.2) is 12.1 Å². The lowest BCUT2D eigenvalue weighted by Gasteiger charge is -2.17. The van der Waals surface area contributed by atoms with E-state index in [2.05, 4.69) is 17.1 Å². The number of pyridine rings is 1. The molecule has 0 unspecified atom stereocenters. The molecule has 1 aliphatic carbocycles. The van der Waals surface area contributed by atoms with Gasteiger partial charge in [-0.1, -0.05) is 6.07 Å². The van der Waals surface area contributed by atoms with Gasteiger partial charge in [0.2, 0.25) is 0 Å². The Morgan fingerprint density at radius 1 is 1.27 bits per heavy atom. The molecule has 0 fully saturated rings. The van der Waals surface area contributed by atoms with Crippen LogP contribution in [0.5, 0.6) is 0 Å². The van der Waals surface area contributed by atoms with E-state index in [1.807, 2.05) is 12.1 Å². The van der Waals surface area contributed by atoms with Gasteiger partial charge in [0, 0.05) is 16.8 Å². The smallest absolute Gasteiger partial charge is 0.123 e. The van der Waals surface area contributed by atoms with Crippen molar-refractivity contribution in [3.05, 3.63) is 35.5 Å². The Balaban J connectivity index is 2.36. The van der Waals surface area contributed by atoms with Gasteiger partial charge in [0.25, 0.3) is 0 Å². The predicted octanol–water partition coefficient (Wildman–Crippen LogP) is 2.30. The van der Waals surface area contributed by atoms with E-state index in [9.17, 15) is 0 Å². The summed E-state index contributed by atoms with van der Waals surface area (Å²) in [6.45, 7) is 0. The number of nitrogens with zero attached hydrogens (tertiary/aromatic N) is 1. The molecule has 2 heteroatoms. The molecule has 2 aromatic rings. The van der Waals surface area contributed by atoms with E-state index in [0.717, 1.165) is 29.4 Å². The van der Waals surface area contributed by atoms with E-state index < -0.39 is 0 Å². The minimum atomic E-state index is 0.857. The monoisotopic (exact) mass is 196 g/mol. The van der Waals surface area contributed by atoms with Crippen molar-refractivity contribution >= 4 is 16.6 Å². The Morgan fingerprint density at radius 3 is 3.07 bits per heavy atom. The molecule has 0 saturated carbocycles. The molecule has 0 amide bonds. The molecule has 1 heterocycles. The molecule has 0 bridgehead atoms. The first-order chi connectivity index (χ1) is 7.36. The molecular formula is C13H12N2. The van der Waals surface area contributed by atoms with Crippen molar-refractivity contribution in [1.29, 1.82) is 0 Å². The summed E-state index contributed by atoms with van der Waals surface area (Å²) in [5, 5.41) is 1.02. The fourth-order valence-corrected chi connectivity index (χ4v) is 2.29. The quantitative estimate of drug-likeness (QED) is 0.702. The zero-order valence-electron chi connectivity index (χ0n) is 8.51. The van der Waals surface area contributed by atoms with Gasteiger partial charge < -0.3 is 5.73 Å². The highest BCUT2D eigenvalue weighted by Gasteiger charge is 2.15. The van der Waals surface area contributed by atoms with Gasteiger partial charge in [-0.3, -0.25) is 0 Å². The molecule has 1 aromatic carbocycles. The first kappa shape index (κ1) is 8.55. The number of aryl methyl sites for hydroxylation is 1. The maximum atomic E-state index is 6.17. The third-order valence-corrected chi connectivity index (χ3v) is 3.08. The van der Waals surface area contributed by atoms with E-state index in [1.54, 1.807) is 0 Å². The van der Waals surface area contributed by atoms with Gasteiger partial charge in [0.05, 0.1) is 0 Å². The average molecular weight is 196 g/mol. The highest BCUT2D eigenvalue weighted by molar-refractivity contribution is 5.91. The fraction of sp³-hybridized carbons (Fsp3) is 0.308. The molecular weight excluding hydrogens is 184 g/mol. The maximum absolute atomic E-state index is 6.17. The van der Waals surface area contributed by atoms with E-state index in [0.29, 0.717) is 0 Å². The van der Waals surface area contributed by atoms with Gasteiger partial charge in [-0.15, -0.1) is 0 Å². The Kier molecular flexibility index (Phi) is 1.78. The van der Waals surface area contributed by atoms with E-state index in [4.69, 9.17) is 5.73 Å². The van der Waals surface area contributed by atoms with Gasteiger partial charge in [0.15, 0.2) is 0 Å². The molecule has 1 aromatic heterocycles. The number of nitrogen functional groups attached to an aromatic ring is 1. The highest BCUT2D eigenvalue weighted by atomic mass is 14.7. The molecule has 0 aliphatic heterocycles. The van der Waals surface area contributed by atoms with Crippen molar-refractivity contribution in [3.8, 4) is 0 Å². The molecule has 0 saturated heterocycles. The van der Waals surface area contributed by atoms with Gasteiger partial charge in [-0.2, -0.15) is 0 Å². The summed E-state index contributed by atoms with van der Waals surface area (Å²) < 4.78 is 0. The Hall–Kier alpha value is -1.75. The number of rotatable bonds is 0. The normalized spacial score (nSPS) is 14.7. The third-order valence-electron chi connectivity index (χ3n) is 3.08. The Bertz CT molecular complexity index is 517. The van der Waals surface area contributed by atoms with Gasteiger partial charge in [0.1, 0.15) is 5.52 Å². The van der Waals surface area contributed by atoms with E-state index >= 15 is 0 Å². The second-order valence-corrected chi connectivity index (χ2v) is 4.02. The highest BCUT2D eigenvalue weighted by Crippen LogP contribution is 2.29. The molecule has 0 atom stereocenters. The summed E-state index contributed by atoms with van der Waals surface area (Å²) >= 11 is 0. The number of anilines is 1. The molecule has 1 aliphatic rings. The number of fused-ring (bicyclic) bond motifs is 2. The first-order valence-corrected chi connectivity index (χ1v) is 5.35. The molecule has 0 spiro atoms. The van der Waals surface area contributed by atoms with E-state index in [-0.39, 0.29) is 0 Å². The SMILES string of the molecule is Nc1c2c(nc3c#cccc13)CCCC2. The van der Waals surface area contributed by atoms with Crippen LogP contribution in [-0.2, 0) is 12.8 Å². The summed E-state index contributed by atoms with van der Waals surface area (Å²) in [6.07, 6.45) is 4.58. The van der Waals surface area contributed by atoms with E-state index in [1.165, 1.54) is 24.1 Å². The van der Waals surface area contributed by atoms with Crippen LogP contribution >= 0.6 is 0 Å². The van der Waals surface area contributed by atoms with Crippen LogP contribution in [0.4, 0.5) is 5.69 Å². The lowest BCUT2D eigenvalue weighted by molar-refractivity contribution is 0.673. The second kappa shape index (κ2) is 3.13. The number of hydrogen-bond donors (Lipinski definition) is 1. The van der Waals surface area contributed by atoms with Crippen molar-refractivity contribution in [2.45, 2.75) is 25.7 Å². The Morgan fingerprint density at radius 2 is 2.13 bits per heavy atom. The van der Waals surface area contributed by atoms with Crippen LogP contribution < -0.4 is 5.73 Å². The van der Waals surface area contributed by atoms with Crippen molar-refractivity contribution in [2.24, 2.45) is 0 Å². The van der Waals surface area contributed by atoms with Crippen LogP contribution in [-0.4, -0.2) is 4.98 Å². The molecule has 0 radical (unpaired) electrons. The third kappa shape index (κ3) is 1.24. The fourth-order valence-electron chi connectivity index (χ4n) is 2.29. The predicted molar refractivity (Wildman–Crippen MR) is 60.5 cm³/mol. The molecule has 15 heavy (non-hydrogen) atoms. The van der Waals surface area contributed by atoms with Crippen molar-refractivity contribution in [2.75, 3.05) is 5.73 Å². The zero-order chi connectivity index (χ0) is 10.3. The molecule has 2 N–H and O–H groups in total. The van der Waals surface area contributed by atoms with Crippen LogP contribution in [0.2, 0.25) is 0 Å². The minimum Gasteiger partial charge on any atom is -0.398 e. The van der Waals surface area contributed by atoms with Crippen LogP contribution in [0.25, 0.3) is 10.9 Å². The lowest BCUT2D eigenvalue weighted by atomic mass is 9.93. The van der Waals surface area contributed by atoms with Crippen molar-refractivity contribution in [3.63, 3.8) is 0 Å². The molecule has 2 nitrogen and oxygen atoms in total. The van der Waals surface area contributed by atoms with Crippen molar-refractivity contribution < 1.29 is 0 Å². The molecule has 74 valence electrons. The number of aromatic nitrogens is 1. The summed E-state index contributed by atoms with van der Waals surface area (Å²) in [5.74, 6) is 0. The standard InChI is InChI=1S/C13H12N2/c14-13-9-5-1-3-7-11(9)15-12-8-4-2-6-10(12)13/h1,5H,2,4,6,8H2,(H2,14,15). The maximum Gasteiger partial charge on any atom is 0.123 e. The second-order valence-electron chi connectivity index (χ2n) is 4.02. The Labute approximate surface area is 89.1 Å². The summed E-state index contributed by atoms with van der Waals surface area (Å²) in [5.41, 5.74) is 10.4. The largest absolute Gasteiger partial charge is 0.398 e. The minimum absolute atomic E-state index is 0.857. The summed E-state index contributed by atoms with van der Waals surface area (Å²) in [4.78, 5) is 4.61. The lowest BCUT2D eigenvalue weighted by Crippen LogP contribution is -2.09. The summed E-state index contributed by atoms with van der Waals surface area (Å²) in [6, 6.07) is 9.77.